The molecule has 3 aromatic carbocycles. The van der Waals surface area contributed by atoms with Gasteiger partial charge in [0.15, 0.2) is 23.0 Å². The lowest BCUT2D eigenvalue weighted by molar-refractivity contribution is -0.122. The molecule has 2 aliphatic rings. The molecule has 0 saturated carbocycles. The first-order valence-corrected chi connectivity index (χ1v) is 12.7. The highest BCUT2D eigenvalue weighted by molar-refractivity contribution is 9.10. The van der Waals surface area contributed by atoms with Gasteiger partial charge in [0.25, 0.3) is 11.8 Å². The Bertz CT molecular complexity index is 1490. The Labute approximate surface area is 231 Å². The molecule has 2 aliphatic heterocycles. The zero-order valence-electron chi connectivity index (χ0n) is 20.0. The van der Waals surface area contributed by atoms with Gasteiger partial charge in [0.2, 0.25) is 6.79 Å². The summed E-state index contributed by atoms with van der Waals surface area (Å²) >= 11 is 9.72. The minimum absolute atomic E-state index is 0.0385. The van der Waals surface area contributed by atoms with Crippen molar-refractivity contribution in [3.63, 3.8) is 0 Å². The number of benzene rings is 3. The van der Waals surface area contributed by atoms with Gasteiger partial charge in [0.05, 0.1) is 12.3 Å². The van der Waals surface area contributed by atoms with Crippen LogP contribution in [-0.2, 0) is 16.2 Å². The van der Waals surface area contributed by atoms with E-state index >= 15 is 0 Å². The molecular formula is C27H20BrClN2O7. The number of nitrogens with zero attached hydrogens (tertiary/aromatic N) is 1. The van der Waals surface area contributed by atoms with Crippen LogP contribution < -0.4 is 29.2 Å². The van der Waals surface area contributed by atoms with E-state index in [1.165, 1.54) is 18.2 Å². The number of barbiturate groups is 1. The predicted molar refractivity (Wildman–Crippen MR) is 143 cm³/mol. The van der Waals surface area contributed by atoms with Gasteiger partial charge in [-0.05, 0) is 48.9 Å². The maximum atomic E-state index is 13.4. The number of carbonyl (C=O) groups is 3. The summed E-state index contributed by atoms with van der Waals surface area (Å²) in [7, 11) is 0. The summed E-state index contributed by atoms with van der Waals surface area (Å²) in [6, 6.07) is 14.4. The number of rotatable bonds is 7. The van der Waals surface area contributed by atoms with Gasteiger partial charge in [0.1, 0.15) is 12.2 Å². The molecule has 0 atom stereocenters. The Morgan fingerprint density at radius 2 is 1.79 bits per heavy atom. The van der Waals surface area contributed by atoms with Gasteiger partial charge < -0.3 is 18.9 Å². The van der Waals surface area contributed by atoms with Crippen molar-refractivity contribution in [1.29, 1.82) is 0 Å². The van der Waals surface area contributed by atoms with Gasteiger partial charge in [0, 0.05) is 21.1 Å². The second-order valence-electron chi connectivity index (χ2n) is 8.13. The van der Waals surface area contributed by atoms with Crippen molar-refractivity contribution in [3.8, 4) is 23.0 Å². The van der Waals surface area contributed by atoms with Gasteiger partial charge in [-0.15, -0.1) is 0 Å². The Morgan fingerprint density at radius 1 is 1.03 bits per heavy atom. The van der Waals surface area contributed by atoms with Crippen LogP contribution in [0.25, 0.3) is 6.08 Å². The van der Waals surface area contributed by atoms with Crippen molar-refractivity contribution in [2.45, 2.75) is 13.5 Å². The molecule has 0 aliphatic carbocycles. The number of hydrogen-bond acceptors (Lipinski definition) is 7. The molecule has 9 nitrogen and oxygen atoms in total. The van der Waals surface area contributed by atoms with Gasteiger partial charge in [-0.25, -0.2) is 9.69 Å². The number of carbonyl (C=O) groups excluding carboxylic acids is 3. The first-order valence-electron chi connectivity index (χ1n) is 11.5. The molecule has 2 heterocycles. The number of ether oxygens (including phenoxy) is 4. The summed E-state index contributed by atoms with van der Waals surface area (Å²) in [5.74, 6) is 0.124. The van der Waals surface area contributed by atoms with E-state index in [4.69, 9.17) is 30.5 Å². The third-order valence-electron chi connectivity index (χ3n) is 5.72. The molecule has 194 valence electrons. The van der Waals surface area contributed by atoms with Crippen LogP contribution in [0.3, 0.4) is 0 Å². The first-order chi connectivity index (χ1) is 18.4. The number of amides is 4. The van der Waals surface area contributed by atoms with Gasteiger partial charge in [-0.1, -0.05) is 45.7 Å². The topological polar surface area (TPSA) is 103 Å². The summed E-state index contributed by atoms with van der Waals surface area (Å²) in [6.45, 7) is 2.42. The van der Waals surface area contributed by atoms with E-state index in [0.717, 1.165) is 10.5 Å². The number of fused-ring (bicyclic) bond motifs is 1. The van der Waals surface area contributed by atoms with E-state index in [1.807, 2.05) is 25.1 Å². The number of halogens is 2. The van der Waals surface area contributed by atoms with Crippen molar-refractivity contribution in [1.82, 2.24) is 5.32 Å². The van der Waals surface area contributed by atoms with Crippen molar-refractivity contribution in [3.05, 3.63) is 80.8 Å². The average Bonchev–Trinajstić information content (AvgIpc) is 3.36. The fourth-order valence-electron chi connectivity index (χ4n) is 3.89. The molecule has 0 radical (unpaired) electrons. The van der Waals surface area contributed by atoms with Crippen molar-refractivity contribution in [2.75, 3.05) is 18.3 Å². The van der Waals surface area contributed by atoms with Crippen LogP contribution in [0.15, 0.2) is 64.6 Å². The molecule has 0 aromatic heterocycles. The Hall–Kier alpha value is -4.02. The molecule has 11 heteroatoms. The number of anilines is 1. The summed E-state index contributed by atoms with van der Waals surface area (Å²) in [5, 5.41) is 2.79. The zero-order valence-corrected chi connectivity index (χ0v) is 22.3. The van der Waals surface area contributed by atoms with Crippen LogP contribution in [0.2, 0.25) is 5.02 Å². The largest absolute Gasteiger partial charge is 0.490 e. The molecule has 3 aromatic rings. The predicted octanol–water partition coefficient (Wildman–Crippen LogP) is 5.48. The van der Waals surface area contributed by atoms with Crippen LogP contribution in [0.1, 0.15) is 18.1 Å². The van der Waals surface area contributed by atoms with E-state index in [9.17, 15) is 14.4 Å². The maximum Gasteiger partial charge on any atom is 0.335 e. The lowest BCUT2D eigenvalue weighted by Crippen LogP contribution is -2.54. The van der Waals surface area contributed by atoms with Crippen LogP contribution in [0, 0.1) is 0 Å². The monoisotopic (exact) mass is 598 g/mol. The van der Waals surface area contributed by atoms with Crippen LogP contribution in [-0.4, -0.2) is 31.2 Å². The highest BCUT2D eigenvalue weighted by Gasteiger charge is 2.37. The minimum Gasteiger partial charge on any atom is -0.490 e. The van der Waals surface area contributed by atoms with Gasteiger partial charge in [-0.3, -0.25) is 14.9 Å². The van der Waals surface area contributed by atoms with E-state index in [0.29, 0.717) is 44.7 Å². The van der Waals surface area contributed by atoms with Gasteiger partial charge in [-0.2, -0.15) is 0 Å². The second kappa shape index (κ2) is 10.8. The maximum absolute atomic E-state index is 13.4. The molecule has 1 fully saturated rings. The Balaban J connectivity index is 1.46. The van der Waals surface area contributed by atoms with Crippen LogP contribution in [0.4, 0.5) is 10.5 Å². The Morgan fingerprint density at radius 3 is 2.58 bits per heavy atom. The zero-order chi connectivity index (χ0) is 26.8. The molecule has 0 unspecified atom stereocenters. The number of imide groups is 2. The molecule has 4 amide bonds. The standard InChI is InChI=1S/C27H20BrClN2O7/c1-2-35-22-10-16(19(28)12-24(22)36-13-15-5-3-4-6-20(15)29)9-18-25(32)30-27(34)31(26(18)33)17-7-8-21-23(11-17)38-14-37-21/h3-12H,2,13-14H2,1H3,(H,30,32,34)/b18-9+. The smallest absolute Gasteiger partial charge is 0.335 e. The highest BCUT2D eigenvalue weighted by Crippen LogP contribution is 2.38. The fraction of sp³-hybridized carbons (Fsp3) is 0.148. The molecule has 1 saturated heterocycles. The number of nitrogens with one attached hydrogen (secondary N) is 1. The van der Waals surface area contributed by atoms with Crippen LogP contribution in [0.5, 0.6) is 23.0 Å². The van der Waals surface area contributed by atoms with Gasteiger partial charge >= 0.3 is 6.03 Å². The highest BCUT2D eigenvalue weighted by atomic mass is 79.9. The quantitative estimate of drug-likeness (QED) is 0.284. The van der Waals surface area contributed by atoms with E-state index < -0.39 is 17.8 Å². The van der Waals surface area contributed by atoms with Crippen molar-refractivity contribution < 1.29 is 33.3 Å². The fourth-order valence-corrected chi connectivity index (χ4v) is 4.51. The summed E-state index contributed by atoms with van der Waals surface area (Å²) in [4.78, 5) is 39.5. The molecule has 5 rings (SSSR count). The van der Waals surface area contributed by atoms with E-state index in [2.05, 4.69) is 21.2 Å². The molecule has 38 heavy (non-hydrogen) atoms. The third kappa shape index (κ3) is 5.05. The lowest BCUT2D eigenvalue weighted by Gasteiger charge is -2.26. The molecule has 1 N–H and O–H groups in total. The molecular weight excluding hydrogens is 580 g/mol. The lowest BCUT2D eigenvalue weighted by atomic mass is 10.1. The van der Waals surface area contributed by atoms with E-state index in [1.54, 1.807) is 24.3 Å². The average molecular weight is 600 g/mol. The normalized spacial score (nSPS) is 15.6. The second-order valence-corrected chi connectivity index (χ2v) is 9.39. The summed E-state index contributed by atoms with van der Waals surface area (Å²) in [6.07, 6.45) is 1.38. The summed E-state index contributed by atoms with van der Waals surface area (Å²) in [5.41, 5.74) is 1.26. The SMILES string of the molecule is CCOc1cc(/C=C2\C(=O)NC(=O)N(c3ccc4c(c3)OCO4)C2=O)c(Br)cc1OCc1ccccc1Cl. The Kier molecular flexibility index (Phi) is 7.26. The first kappa shape index (κ1) is 25.6. The van der Waals surface area contributed by atoms with Crippen molar-refractivity contribution in [2.24, 2.45) is 0 Å². The molecule has 0 bridgehead atoms. The number of urea groups is 1. The van der Waals surface area contributed by atoms with Crippen molar-refractivity contribution >= 4 is 57.1 Å². The third-order valence-corrected chi connectivity index (χ3v) is 6.78. The minimum atomic E-state index is -0.867. The number of hydrogen-bond donors (Lipinski definition) is 1. The van der Waals surface area contributed by atoms with E-state index in [-0.39, 0.29) is 24.7 Å². The van der Waals surface area contributed by atoms with Crippen LogP contribution >= 0.6 is 27.5 Å². The summed E-state index contributed by atoms with van der Waals surface area (Å²) < 4.78 is 22.9. The molecule has 0 spiro atoms.